The molecule has 0 radical (unpaired) electrons. The molecular weight excluding hydrogens is 461 g/mol. The molecule has 1 aromatic heterocycles. The lowest BCUT2D eigenvalue weighted by Crippen LogP contribution is -2.30. The number of halogens is 3. The lowest BCUT2D eigenvalue weighted by atomic mass is 9.98. The number of nitrogens with zero attached hydrogens (tertiary/aromatic N) is 4. The molecule has 2 heterocycles. The highest BCUT2D eigenvalue weighted by atomic mass is 19.4. The van der Waals surface area contributed by atoms with E-state index in [1.165, 1.54) is 30.3 Å². The number of aromatic nitrogens is 3. The topological polar surface area (TPSA) is 85.2 Å². The number of rotatable bonds is 5. The number of hydrogen-bond acceptors (Lipinski definition) is 5. The summed E-state index contributed by atoms with van der Waals surface area (Å²) in [6, 6.07) is 17.4. The van der Waals surface area contributed by atoms with Crippen LogP contribution in [0.3, 0.4) is 0 Å². The zero-order chi connectivity index (χ0) is 24.7. The molecule has 1 aliphatic rings. The molecule has 3 aromatic carbocycles. The van der Waals surface area contributed by atoms with Crippen molar-refractivity contribution in [2.75, 3.05) is 0 Å². The van der Waals surface area contributed by atoms with Crippen molar-refractivity contribution < 1.29 is 27.6 Å². The summed E-state index contributed by atoms with van der Waals surface area (Å²) in [5, 5.41) is 7.59. The van der Waals surface area contributed by atoms with Gasteiger partial charge in [0.1, 0.15) is 6.33 Å². The van der Waals surface area contributed by atoms with Gasteiger partial charge < -0.3 is 0 Å². The van der Waals surface area contributed by atoms with Crippen LogP contribution >= 0.6 is 0 Å². The minimum absolute atomic E-state index is 0.113. The van der Waals surface area contributed by atoms with E-state index in [1.54, 1.807) is 30.3 Å². The smallest absolute Gasteiger partial charge is 0.289 e. The van der Waals surface area contributed by atoms with Gasteiger partial charge in [0.2, 0.25) is 0 Å². The number of para-hydroxylation sites is 1. The Morgan fingerprint density at radius 2 is 1.46 bits per heavy atom. The van der Waals surface area contributed by atoms with Gasteiger partial charge in [-0.1, -0.05) is 48.5 Å². The van der Waals surface area contributed by atoms with Gasteiger partial charge in [-0.25, -0.2) is 0 Å². The van der Waals surface area contributed by atoms with E-state index in [0.29, 0.717) is 0 Å². The van der Waals surface area contributed by atoms with E-state index in [2.05, 4.69) is 10.2 Å². The number of carbonyl (C=O) groups is 3. The summed E-state index contributed by atoms with van der Waals surface area (Å²) in [5.74, 6) is -1.93. The summed E-state index contributed by atoms with van der Waals surface area (Å²) >= 11 is 0. The molecular formula is C25H15F3N4O3. The normalized spacial score (nSPS) is 13.3. The fraction of sp³-hybridized carbons (Fsp3) is 0.0800. The largest absolute Gasteiger partial charge is 0.418 e. The van der Waals surface area contributed by atoms with Crippen LogP contribution in [0, 0.1) is 0 Å². The minimum Gasteiger partial charge on any atom is -0.289 e. The number of fused-ring (bicyclic) bond motifs is 1. The van der Waals surface area contributed by atoms with Gasteiger partial charge in [-0.3, -0.25) is 23.9 Å². The van der Waals surface area contributed by atoms with Crippen molar-refractivity contribution in [2.24, 2.45) is 0 Å². The van der Waals surface area contributed by atoms with E-state index >= 15 is 0 Å². The van der Waals surface area contributed by atoms with Gasteiger partial charge in [-0.2, -0.15) is 13.2 Å². The molecule has 1 aliphatic heterocycles. The highest BCUT2D eigenvalue weighted by molar-refractivity contribution is 6.21. The molecule has 4 aromatic rings. The molecule has 174 valence electrons. The van der Waals surface area contributed by atoms with Gasteiger partial charge in [0.25, 0.3) is 11.8 Å². The Morgan fingerprint density at radius 1 is 0.829 bits per heavy atom. The number of imide groups is 1. The van der Waals surface area contributed by atoms with Gasteiger partial charge in [0.05, 0.1) is 28.9 Å². The predicted molar refractivity (Wildman–Crippen MR) is 117 cm³/mol. The maximum absolute atomic E-state index is 14.0. The minimum atomic E-state index is -4.81. The fourth-order valence-corrected chi connectivity index (χ4v) is 4.04. The number of hydrogen-bond donors (Lipinski definition) is 0. The quantitative estimate of drug-likeness (QED) is 0.317. The molecule has 0 aliphatic carbocycles. The van der Waals surface area contributed by atoms with Crippen LogP contribution < -0.4 is 0 Å². The maximum Gasteiger partial charge on any atom is 0.418 e. The molecule has 0 spiro atoms. The first-order chi connectivity index (χ1) is 16.8. The number of ketones is 1. The molecule has 0 saturated heterocycles. The summed E-state index contributed by atoms with van der Waals surface area (Å²) in [6.07, 6.45) is -3.78. The van der Waals surface area contributed by atoms with Crippen LogP contribution in [0.4, 0.5) is 13.2 Å². The first kappa shape index (κ1) is 22.2. The first-order valence-electron chi connectivity index (χ1n) is 10.4. The van der Waals surface area contributed by atoms with Crippen LogP contribution in [0.2, 0.25) is 0 Å². The number of alkyl halides is 3. The highest BCUT2D eigenvalue weighted by Crippen LogP contribution is 2.37. The van der Waals surface area contributed by atoms with Crippen LogP contribution in [0.15, 0.2) is 79.1 Å². The lowest BCUT2D eigenvalue weighted by molar-refractivity contribution is -0.137. The van der Waals surface area contributed by atoms with E-state index in [-0.39, 0.29) is 28.1 Å². The van der Waals surface area contributed by atoms with Crippen LogP contribution in [-0.4, -0.2) is 37.3 Å². The summed E-state index contributed by atoms with van der Waals surface area (Å²) in [6.45, 7) is -0.433. The van der Waals surface area contributed by atoms with Crippen LogP contribution in [0.1, 0.15) is 48.0 Å². The lowest BCUT2D eigenvalue weighted by Gasteiger charge is -2.20. The third-order valence-corrected chi connectivity index (χ3v) is 5.66. The van der Waals surface area contributed by atoms with Gasteiger partial charge in [0, 0.05) is 11.1 Å². The standard InChI is InChI=1S/C25H15F3N4O3/c26-25(27,28)19-12-6-11-18(22(33)15-7-2-1-3-8-15)21(19)32-14-29-30-20(32)13-31-23(34)16-9-4-5-10-17(16)24(31)35/h1-12,14H,13H2. The molecule has 2 amide bonds. The van der Waals surface area contributed by atoms with E-state index in [0.717, 1.165) is 27.9 Å². The molecule has 5 rings (SSSR count). The van der Waals surface area contributed by atoms with Crippen molar-refractivity contribution in [1.29, 1.82) is 0 Å². The first-order valence-corrected chi connectivity index (χ1v) is 10.4. The molecule has 7 nitrogen and oxygen atoms in total. The summed E-state index contributed by atoms with van der Waals surface area (Å²) in [7, 11) is 0. The van der Waals surface area contributed by atoms with E-state index in [4.69, 9.17) is 0 Å². The Hall–Kier alpha value is -4.60. The second kappa shape index (κ2) is 8.32. The van der Waals surface area contributed by atoms with Crippen molar-refractivity contribution >= 4 is 17.6 Å². The number of amides is 2. The van der Waals surface area contributed by atoms with Gasteiger partial charge >= 0.3 is 6.18 Å². The van der Waals surface area contributed by atoms with E-state index in [9.17, 15) is 27.6 Å². The molecule has 0 unspecified atom stereocenters. The van der Waals surface area contributed by atoms with E-state index in [1.807, 2.05) is 0 Å². The molecule has 0 fully saturated rings. The fourth-order valence-electron chi connectivity index (χ4n) is 4.04. The summed E-state index contributed by atoms with van der Waals surface area (Å²) < 4.78 is 43.1. The van der Waals surface area contributed by atoms with Crippen molar-refractivity contribution in [3.05, 3.63) is 113 Å². The molecule has 0 bridgehead atoms. The van der Waals surface area contributed by atoms with Crippen molar-refractivity contribution in [3.63, 3.8) is 0 Å². The van der Waals surface area contributed by atoms with Crippen molar-refractivity contribution in [2.45, 2.75) is 12.7 Å². The maximum atomic E-state index is 14.0. The van der Waals surface area contributed by atoms with E-state index < -0.39 is 41.6 Å². The average molecular weight is 476 g/mol. The van der Waals surface area contributed by atoms with Crippen LogP contribution in [-0.2, 0) is 12.7 Å². The third-order valence-electron chi connectivity index (χ3n) is 5.66. The second-order valence-corrected chi connectivity index (χ2v) is 7.75. The zero-order valence-electron chi connectivity index (χ0n) is 17.9. The summed E-state index contributed by atoms with van der Waals surface area (Å²) in [5.41, 5.74) is -1.20. The Labute approximate surface area is 196 Å². The predicted octanol–water partition coefficient (Wildman–Crippen LogP) is 4.31. The molecule has 0 saturated carbocycles. The Bertz CT molecular complexity index is 1440. The Balaban J connectivity index is 1.62. The summed E-state index contributed by atoms with van der Waals surface area (Å²) in [4.78, 5) is 39.7. The second-order valence-electron chi connectivity index (χ2n) is 7.75. The number of carbonyl (C=O) groups excluding carboxylic acids is 3. The monoisotopic (exact) mass is 476 g/mol. The molecule has 35 heavy (non-hydrogen) atoms. The van der Waals surface area contributed by atoms with Gasteiger partial charge in [0.15, 0.2) is 11.6 Å². The Morgan fingerprint density at radius 3 is 2.09 bits per heavy atom. The average Bonchev–Trinajstić information content (AvgIpc) is 3.42. The molecule has 10 heteroatoms. The SMILES string of the molecule is O=C(c1ccccc1)c1cccc(C(F)(F)F)c1-n1cnnc1CN1C(=O)c2ccccc2C1=O. The highest BCUT2D eigenvalue weighted by Gasteiger charge is 2.39. The third kappa shape index (κ3) is 3.78. The van der Waals surface area contributed by atoms with Crippen molar-refractivity contribution in [1.82, 2.24) is 19.7 Å². The van der Waals surface area contributed by atoms with Crippen LogP contribution in [0.25, 0.3) is 5.69 Å². The Kier molecular flexibility index (Phi) is 5.28. The van der Waals surface area contributed by atoms with Crippen LogP contribution in [0.5, 0.6) is 0 Å². The zero-order valence-corrected chi connectivity index (χ0v) is 17.9. The molecule has 0 atom stereocenters. The molecule has 0 N–H and O–H groups in total. The number of benzene rings is 3. The van der Waals surface area contributed by atoms with Crippen molar-refractivity contribution in [3.8, 4) is 5.69 Å². The van der Waals surface area contributed by atoms with Gasteiger partial charge in [-0.05, 0) is 24.3 Å². The van der Waals surface area contributed by atoms with Gasteiger partial charge in [-0.15, -0.1) is 10.2 Å².